The lowest BCUT2D eigenvalue weighted by Gasteiger charge is -2.12. The number of nitrogens with one attached hydrogen (secondary N) is 2. The van der Waals surface area contributed by atoms with Gasteiger partial charge in [-0.1, -0.05) is 34.1 Å². The van der Waals surface area contributed by atoms with Gasteiger partial charge in [-0.05, 0) is 30.3 Å². The van der Waals surface area contributed by atoms with Crippen molar-refractivity contribution < 1.29 is 27.5 Å². The number of imidazole rings is 1. The summed E-state index contributed by atoms with van der Waals surface area (Å²) in [6.07, 6.45) is -4.74. The molecule has 2 N–H and O–H groups in total. The van der Waals surface area contributed by atoms with Crippen molar-refractivity contribution >= 4 is 38.8 Å². The molecule has 11 heteroatoms. The van der Waals surface area contributed by atoms with E-state index in [1.165, 1.54) is 12.1 Å². The molecule has 0 aliphatic heterocycles. The second-order valence-electron chi connectivity index (χ2n) is 5.85. The minimum atomic E-state index is -4.74. The van der Waals surface area contributed by atoms with Crippen LogP contribution in [0.25, 0.3) is 11.0 Å². The number of alkyl halides is 3. The molecule has 152 valence electrons. The Morgan fingerprint density at radius 1 is 1.07 bits per heavy atom. The summed E-state index contributed by atoms with van der Waals surface area (Å²) >= 11 is 3.26. The van der Waals surface area contributed by atoms with E-state index in [1.54, 1.807) is 36.4 Å². The van der Waals surface area contributed by atoms with Crippen LogP contribution in [0.5, 0.6) is 5.75 Å². The SMILES string of the molecule is O=C(COc1cccc(Br)c1)NNC(=O)Cn1c(C(F)(F)F)nc2ccccc21. The molecule has 0 spiro atoms. The van der Waals surface area contributed by atoms with E-state index >= 15 is 0 Å². The number of amides is 2. The highest BCUT2D eigenvalue weighted by Crippen LogP contribution is 2.31. The molecule has 0 radical (unpaired) electrons. The molecule has 2 aromatic carbocycles. The number of hydrogen-bond acceptors (Lipinski definition) is 4. The molecule has 0 atom stereocenters. The number of hydrogen-bond donors (Lipinski definition) is 2. The highest BCUT2D eigenvalue weighted by Gasteiger charge is 2.38. The molecule has 0 fully saturated rings. The van der Waals surface area contributed by atoms with E-state index in [0.717, 1.165) is 9.04 Å². The third-order valence-electron chi connectivity index (χ3n) is 3.72. The van der Waals surface area contributed by atoms with E-state index in [0.29, 0.717) is 5.75 Å². The van der Waals surface area contributed by atoms with Crippen molar-refractivity contribution in [1.82, 2.24) is 20.4 Å². The normalized spacial score (nSPS) is 11.3. The second kappa shape index (κ2) is 8.52. The molecule has 3 rings (SSSR count). The van der Waals surface area contributed by atoms with Gasteiger partial charge in [0, 0.05) is 4.47 Å². The Bertz CT molecular complexity index is 1050. The van der Waals surface area contributed by atoms with Crippen LogP contribution in [0, 0.1) is 0 Å². The Balaban J connectivity index is 1.60. The third-order valence-corrected chi connectivity index (χ3v) is 4.21. The first kappa shape index (κ1) is 20.6. The summed E-state index contributed by atoms with van der Waals surface area (Å²) in [6.45, 7) is -1.07. The van der Waals surface area contributed by atoms with Crippen LogP contribution in [0.15, 0.2) is 53.0 Å². The number of hydrazine groups is 1. The topological polar surface area (TPSA) is 85.3 Å². The number of para-hydroxylation sites is 2. The van der Waals surface area contributed by atoms with Crippen LogP contribution in [0.1, 0.15) is 5.82 Å². The van der Waals surface area contributed by atoms with Crippen LogP contribution in [0.3, 0.4) is 0 Å². The van der Waals surface area contributed by atoms with Gasteiger partial charge in [-0.2, -0.15) is 13.2 Å². The van der Waals surface area contributed by atoms with Gasteiger partial charge in [-0.3, -0.25) is 20.4 Å². The maximum atomic E-state index is 13.2. The summed E-state index contributed by atoms with van der Waals surface area (Å²) in [6, 6.07) is 12.7. The number of ether oxygens (including phenoxy) is 1. The largest absolute Gasteiger partial charge is 0.484 e. The number of halogens is 4. The highest BCUT2D eigenvalue weighted by atomic mass is 79.9. The number of benzene rings is 2. The molecular formula is C18H14BrF3N4O3. The fourth-order valence-electron chi connectivity index (χ4n) is 2.52. The molecule has 2 amide bonds. The maximum Gasteiger partial charge on any atom is 0.449 e. The van der Waals surface area contributed by atoms with E-state index < -0.39 is 37.0 Å². The van der Waals surface area contributed by atoms with Gasteiger partial charge >= 0.3 is 6.18 Å². The molecule has 3 aromatic rings. The molecule has 0 aliphatic carbocycles. The fourth-order valence-corrected chi connectivity index (χ4v) is 2.89. The van der Waals surface area contributed by atoms with Gasteiger partial charge in [-0.25, -0.2) is 4.98 Å². The Hall–Kier alpha value is -3.08. The first-order chi connectivity index (χ1) is 13.7. The van der Waals surface area contributed by atoms with Gasteiger partial charge in [0.15, 0.2) is 6.61 Å². The lowest BCUT2D eigenvalue weighted by atomic mass is 10.3. The first-order valence-corrected chi connectivity index (χ1v) is 9.02. The summed E-state index contributed by atoms with van der Waals surface area (Å²) in [7, 11) is 0. The van der Waals surface area contributed by atoms with Crippen molar-refractivity contribution in [2.24, 2.45) is 0 Å². The van der Waals surface area contributed by atoms with Crippen LogP contribution in [0.4, 0.5) is 13.2 Å². The molecule has 0 bridgehead atoms. The van der Waals surface area contributed by atoms with Gasteiger partial charge in [-0.15, -0.1) is 0 Å². The minimum Gasteiger partial charge on any atom is -0.484 e. The smallest absolute Gasteiger partial charge is 0.449 e. The summed E-state index contributed by atoms with van der Waals surface area (Å²) in [5.41, 5.74) is 4.43. The van der Waals surface area contributed by atoms with Gasteiger partial charge in [0.2, 0.25) is 5.82 Å². The van der Waals surface area contributed by atoms with E-state index in [-0.39, 0.29) is 11.0 Å². The lowest BCUT2D eigenvalue weighted by Crippen LogP contribution is -2.45. The van der Waals surface area contributed by atoms with Crippen molar-refractivity contribution in [3.8, 4) is 5.75 Å². The van der Waals surface area contributed by atoms with Crippen molar-refractivity contribution in [1.29, 1.82) is 0 Å². The first-order valence-electron chi connectivity index (χ1n) is 8.22. The molecule has 0 aliphatic rings. The van der Waals surface area contributed by atoms with Crippen LogP contribution < -0.4 is 15.6 Å². The van der Waals surface area contributed by atoms with Crippen molar-refractivity contribution in [3.63, 3.8) is 0 Å². The summed E-state index contributed by atoms with van der Waals surface area (Å²) < 4.78 is 46.5. The van der Waals surface area contributed by atoms with Gasteiger partial charge in [0.25, 0.3) is 11.8 Å². The maximum absolute atomic E-state index is 13.2. The number of rotatable bonds is 5. The minimum absolute atomic E-state index is 0.110. The number of carbonyl (C=O) groups excluding carboxylic acids is 2. The van der Waals surface area contributed by atoms with E-state index in [4.69, 9.17) is 4.74 Å². The predicted molar refractivity (Wildman–Crippen MR) is 101 cm³/mol. The Morgan fingerprint density at radius 3 is 2.52 bits per heavy atom. The quantitative estimate of drug-likeness (QED) is 0.561. The Labute approximate surface area is 171 Å². The van der Waals surface area contributed by atoms with Crippen molar-refractivity contribution in [3.05, 3.63) is 58.8 Å². The van der Waals surface area contributed by atoms with Crippen molar-refractivity contribution in [2.75, 3.05) is 6.61 Å². The van der Waals surface area contributed by atoms with Crippen LogP contribution in [-0.4, -0.2) is 28.0 Å². The van der Waals surface area contributed by atoms with Gasteiger partial charge in [0.05, 0.1) is 11.0 Å². The second-order valence-corrected chi connectivity index (χ2v) is 6.77. The zero-order valence-electron chi connectivity index (χ0n) is 14.7. The Kier molecular flexibility index (Phi) is 6.06. The molecule has 0 unspecified atom stereocenters. The van der Waals surface area contributed by atoms with Crippen molar-refractivity contribution in [2.45, 2.75) is 12.7 Å². The number of fused-ring (bicyclic) bond motifs is 1. The summed E-state index contributed by atoms with van der Waals surface area (Å²) in [4.78, 5) is 27.4. The molecule has 0 saturated heterocycles. The standard InChI is InChI=1S/C18H14BrF3N4O3/c19-11-4-3-5-12(8-11)29-10-16(28)25-24-15(27)9-26-14-7-2-1-6-13(14)23-17(26)18(20,21)22/h1-8H,9-10H2,(H,24,27)(H,25,28). The molecule has 0 saturated carbocycles. The number of nitrogens with zero attached hydrogens (tertiary/aromatic N) is 2. The Morgan fingerprint density at radius 2 is 1.79 bits per heavy atom. The number of aromatic nitrogens is 2. The van der Waals surface area contributed by atoms with Crippen LogP contribution in [-0.2, 0) is 22.3 Å². The zero-order chi connectivity index (χ0) is 21.0. The monoisotopic (exact) mass is 470 g/mol. The third kappa shape index (κ3) is 5.25. The molecule has 29 heavy (non-hydrogen) atoms. The lowest BCUT2D eigenvalue weighted by molar-refractivity contribution is -0.147. The van der Waals surface area contributed by atoms with Crippen LogP contribution >= 0.6 is 15.9 Å². The predicted octanol–water partition coefficient (Wildman–Crippen LogP) is 3.04. The van der Waals surface area contributed by atoms with E-state index in [2.05, 4.69) is 31.8 Å². The van der Waals surface area contributed by atoms with Crippen LogP contribution in [0.2, 0.25) is 0 Å². The zero-order valence-corrected chi connectivity index (χ0v) is 16.3. The van der Waals surface area contributed by atoms with E-state index in [1.807, 2.05) is 0 Å². The molecule has 7 nitrogen and oxygen atoms in total. The summed E-state index contributed by atoms with van der Waals surface area (Å²) in [5.74, 6) is -2.29. The molecule has 1 aromatic heterocycles. The average molecular weight is 471 g/mol. The molecule has 1 heterocycles. The fraction of sp³-hybridized carbons (Fsp3) is 0.167. The van der Waals surface area contributed by atoms with Gasteiger partial charge in [0.1, 0.15) is 12.3 Å². The van der Waals surface area contributed by atoms with E-state index in [9.17, 15) is 22.8 Å². The molecular weight excluding hydrogens is 457 g/mol. The average Bonchev–Trinajstić information content (AvgIpc) is 3.04. The highest BCUT2D eigenvalue weighted by molar-refractivity contribution is 9.10. The van der Waals surface area contributed by atoms with Gasteiger partial charge < -0.3 is 9.30 Å². The number of carbonyl (C=O) groups is 2. The summed E-state index contributed by atoms with van der Waals surface area (Å²) in [5, 5.41) is 0.